The summed E-state index contributed by atoms with van der Waals surface area (Å²) in [6.07, 6.45) is 5.11. The molecule has 0 saturated carbocycles. The molecular formula is C17H22N6O3. The van der Waals surface area contributed by atoms with Gasteiger partial charge in [-0.2, -0.15) is 0 Å². The van der Waals surface area contributed by atoms with Crippen molar-refractivity contribution in [2.24, 2.45) is 0 Å². The van der Waals surface area contributed by atoms with Crippen LogP contribution in [0.1, 0.15) is 48.5 Å². The molecule has 0 atom stereocenters. The van der Waals surface area contributed by atoms with Gasteiger partial charge in [-0.15, -0.1) is 0 Å². The predicted molar refractivity (Wildman–Crippen MR) is 90.8 cm³/mol. The number of amides is 2. The number of rotatable bonds is 5. The molecule has 2 aromatic rings. The summed E-state index contributed by atoms with van der Waals surface area (Å²) in [6, 6.07) is 0. The molecule has 9 nitrogen and oxygen atoms in total. The van der Waals surface area contributed by atoms with E-state index >= 15 is 0 Å². The molecule has 2 aromatic heterocycles. The summed E-state index contributed by atoms with van der Waals surface area (Å²) in [5, 5.41) is 10.2. The highest BCUT2D eigenvalue weighted by Crippen LogP contribution is 2.28. The first-order valence-electron chi connectivity index (χ1n) is 8.64. The van der Waals surface area contributed by atoms with E-state index in [9.17, 15) is 9.59 Å². The van der Waals surface area contributed by atoms with E-state index < -0.39 is 0 Å². The molecular weight excluding hydrogens is 336 g/mol. The maximum Gasteiger partial charge on any atom is 0.226 e. The summed E-state index contributed by atoms with van der Waals surface area (Å²) in [7, 11) is 0. The molecule has 0 aliphatic carbocycles. The summed E-state index contributed by atoms with van der Waals surface area (Å²) >= 11 is 0. The third-order valence-electron chi connectivity index (χ3n) is 4.66. The first-order chi connectivity index (χ1) is 12.5. The van der Waals surface area contributed by atoms with E-state index in [0.717, 1.165) is 37.3 Å². The molecule has 2 amide bonds. The minimum atomic E-state index is -0.174. The highest BCUT2D eigenvalue weighted by atomic mass is 16.6. The van der Waals surface area contributed by atoms with E-state index in [1.54, 1.807) is 26.2 Å². The number of piperidine rings is 1. The largest absolute Gasteiger partial charge is 0.350 e. The van der Waals surface area contributed by atoms with Gasteiger partial charge in [-0.05, 0) is 19.8 Å². The van der Waals surface area contributed by atoms with Crippen LogP contribution < -0.4 is 5.32 Å². The number of nitrogens with one attached hydrogen (secondary N) is 1. The third-order valence-corrected chi connectivity index (χ3v) is 4.66. The second kappa shape index (κ2) is 8.03. The van der Waals surface area contributed by atoms with Crippen molar-refractivity contribution in [2.45, 2.75) is 45.6 Å². The number of nitrogens with zero attached hydrogens (tertiary/aromatic N) is 5. The Balaban J connectivity index is 1.60. The molecule has 3 heterocycles. The topological polar surface area (TPSA) is 114 Å². The van der Waals surface area contributed by atoms with Gasteiger partial charge >= 0.3 is 0 Å². The Labute approximate surface area is 151 Å². The van der Waals surface area contributed by atoms with Gasteiger partial charge in [0.1, 0.15) is 11.4 Å². The van der Waals surface area contributed by atoms with E-state index in [1.807, 2.05) is 4.90 Å². The molecule has 3 rings (SSSR count). The lowest BCUT2D eigenvalue weighted by Gasteiger charge is -2.31. The molecule has 1 aliphatic heterocycles. The zero-order chi connectivity index (χ0) is 18.5. The minimum Gasteiger partial charge on any atom is -0.350 e. The SMILES string of the molecule is CC(=O)N1CCC(c2nccnc2CNC(=O)Cc2nonc2C)CC1. The van der Waals surface area contributed by atoms with Crippen LogP contribution in [0.4, 0.5) is 0 Å². The molecule has 26 heavy (non-hydrogen) atoms. The monoisotopic (exact) mass is 358 g/mol. The van der Waals surface area contributed by atoms with Gasteiger partial charge in [0, 0.05) is 38.3 Å². The van der Waals surface area contributed by atoms with Crippen LogP contribution in [0.2, 0.25) is 0 Å². The molecule has 0 radical (unpaired) electrons. The summed E-state index contributed by atoms with van der Waals surface area (Å²) in [5.41, 5.74) is 2.79. The molecule has 138 valence electrons. The summed E-state index contributed by atoms with van der Waals surface area (Å²) in [4.78, 5) is 34.3. The van der Waals surface area contributed by atoms with Gasteiger partial charge in [-0.1, -0.05) is 10.3 Å². The number of carbonyl (C=O) groups excluding carboxylic acids is 2. The lowest BCUT2D eigenvalue weighted by Crippen LogP contribution is -2.37. The molecule has 9 heteroatoms. The Kier molecular flexibility index (Phi) is 5.55. The van der Waals surface area contributed by atoms with Crippen LogP contribution in [0.5, 0.6) is 0 Å². The van der Waals surface area contributed by atoms with E-state index in [-0.39, 0.29) is 24.2 Å². The van der Waals surface area contributed by atoms with E-state index in [4.69, 9.17) is 0 Å². The lowest BCUT2D eigenvalue weighted by atomic mass is 9.92. The summed E-state index contributed by atoms with van der Waals surface area (Å²) in [5.74, 6) is 0.174. The van der Waals surface area contributed by atoms with Gasteiger partial charge in [0.05, 0.1) is 24.4 Å². The van der Waals surface area contributed by atoms with Crippen molar-refractivity contribution in [3.63, 3.8) is 0 Å². The van der Waals surface area contributed by atoms with Crippen molar-refractivity contribution < 1.29 is 14.2 Å². The van der Waals surface area contributed by atoms with Gasteiger partial charge in [0.25, 0.3) is 0 Å². The fourth-order valence-electron chi connectivity index (χ4n) is 3.13. The van der Waals surface area contributed by atoms with Gasteiger partial charge in [-0.3, -0.25) is 19.6 Å². The maximum atomic E-state index is 12.1. The van der Waals surface area contributed by atoms with E-state index in [0.29, 0.717) is 17.9 Å². The van der Waals surface area contributed by atoms with E-state index in [1.165, 1.54) is 0 Å². The van der Waals surface area contributed by atoms with Gasteiger partial charge in [0.15, 0.2) is 0 Å². The number of aryl methyl sites for hydroxylation is 1. The van der Waals surface area contributed by atoms with Crippen molar-refractivity contribution in [2.75, 3.05) is 13.1 Å². The molecule has 1 fully saturated rings. The highest BCUT2D eigenvalue weighted by molar-refractivity contribution is 5.78. The summed E-state index contributed by atoms with van der Waals surface area (Å²) in [6.45, 7) is 5.09. The number of hydrogen-bond acceptors (Lipinski definition) is 7. The number of hydrogen-bond donors (Lipinski definition) is 1. The molecule has 1 aliphatic rings. The Morgan fingerprint density at radius 1 is 1.19 bits per heavy atom. The summed E-state index contributed by atoms with van der Waals surface area (Å²) < 4.78 is 4.60. The minimum absolute atomic E-state index is 0.104. The average molecular weight is 358 g/mol. The Bertz CT molecular complexity index is 782. The van der Waals surface area contributed by atoms with Gasteiger partial charge < -0.3 is 10.2 Å². The van der Waals surface area contributed by atoms with Crippen LogP contribution >= 0.6 is 0 Å². The molecule has 1 N–H and O–H groups in total. The van der Waals surface area contributed by atoms with Crippen LogP contribution in [0.15, 0.2) is 17.0 Å². The predicted octanol–water partition coefficient (Wildman–Crippen LogP) is 0.753. The Hall–Kier alpha value is -2.84. The average Bonchev–Trinajstić information content (AvgIpc) is 3.05. The maximum absolute atomic E-state index is 12.1. The van der Waals surface area contributed by atoms with Crippen molar-refractivity contribution in [3.8, 4) is 0 Å². The van der Waals surface area contributed by atoms with Crippen LogP contribution in [-0.4, -0.2) is 50.1 Å². The molecule has 0 unspecified atom stereocenters. The molecule has 0 aromatic carbocycles. The third kappa shape index (κ3) is 4.22. The quantitative estimate of drug-likeness (QED) is 0.839. The standard InChI is InChI=1S/C17H22N6O3/c1-11-14(22-26-21-11)9-16(25)20-10-15-17(19-6-5-18-15)13-3-7-23(8-4-13)12(2)24/h5-6,13H,3-4,7-10H2,1-2H3,(H,20,25). The van der Waals surface area contributed by atoms with Crippen molar-refractivity contribution in [1.82, 2.24) is 30.5 Å². The van der Waals surface area contributed by atoms with Crippen molar-refractivity contribution in [1.29, 1.82) is 0 Å². The fourth-order valence-corrected chi connectivity index (χ4v) is 3.13. The highest BCUT2D eigenvalue weighted by Gasteiger charge is 2.25. The zero-order valence-electron chi connectivity index (χ0n) is 14.9. The Morgan fingerprint density at radius 2 is 1.92 bits per heavy atom. The second-order valence-corrected chi connectivity index (χ2v) is 6.42. The smallest absolute Gasteiger partial charge is 0.226 e. The van der Waals surface area contributed by atoms with Crippen molar-refractivity contribution >= 4 is 11.8 Å². The van der Waals surface area contributed by atoms with Crippen LogP contribution in [0.3, 0.4) is 0 Å². The first-order valence-corrected chi connectivity index (χ1v) is 8.64. The fraction of sp³-hybridized carbons (Fsp3) is 0.529. The second-order valence-electron chi connectivity index (χ2n) is 6.42. The molecule has 0 spiro atoms. The zero-order valence-corrected chi connectivity index (χ0v) is 14.9. The van der Waals surface area contributed by atoms with Gasteiger partial charge in [0.2, 0.25) is 11.8 Å². The van der Waals surface area contributed by atoms with Crippen LogP contribution in [-0.2, 0) is 22.6 Å². The van der Waals surface area contributed by atoms with Gasteiger partial charge in [-0.25, -0.2) is 4.63 Å². The first kappa shape index (κ1) is 18.0. The number of carbonyl (C=O) groups is 2. The number of aromatic nitrogens is 4. The normalized spacial score (nSPS) is 15.1. The van der Waals surface area contributed by atoms with Crippen LogP contribution in [0, 0.1) is 6.92 Å². The van der Waals surface area contributed by atoms with Crippen LogP contribution in [0.25, 0.3) is 0 Å². The number of likely N-dealkylation sites (tertiary alicyclic amines) is 1. The van der Waals surface area contributed by atoms with E-state index in [2.05, 4.69) is 30.2 Å². The van der Waals surface area contributed by atoms with Crippen molar-refractivity contribution in [3.05, 3.63) is 35.2 Å². The molecule has 0 bridgehead atoms. The molecule has 1 saturated heterocycles. The lowest BCUT2D eigenvalue weighted by molar-refractivity contribution is -0.129. The Morgan fingerprint density at radius 3 is 2.58 bits per heavy atom.